The van der Waals surface area contributed by atoms with E-state index in [9.17, 15) is 79.4 Å². The highest BCUT2D eigenvalue weighted by atomic mass is 19.4. The van der Waals surface area contributed by atoms with Gasteiger partial charge in [-0.15, -0.1) is 0 Å². The van der Waals surface area contributed by atoms with Crippen LogP contribution < -0.4 is 0 Å². The number of carbonyl (C=O) groups excluding carboxylic acids is 1. The quantitative estimate of drug-likeness (QED) is 0.162. The fourth-order valence-electron chi connectivity index (χ4n) is 2.43. The monoisotopic (exact) mass is 616 g/mol. The lowest BCUT2D eigenvalue weighted by atomic mass is 9.88. The van der Waals surface area contributed by atoms with Gasteiger partial charge in [0, 0.05) is 0 Å². The molecule has 0 amide bonds. The molecular weight excluding hydrogens is 607 g/mol. The molecule has 5 nitrogen and oxygen atoms in total. The predicted octanol–water partition coefficient (Wildman–Crippen LogP) is 6.36. The first-order chi connectivity index (χ1) is 17.0. The SMILES string of the molecule is O=C(OCCC(F)(F)C(F)(F)C(F)(F)C(F)(F)C(F)(F)C(F)(F)C(F)(F)C(F)(F)F)c1cc(O)c(O)c(O)c1. The number of alkyl halides is 17. The molecule has 0 saturated carbocycles. The van der Waals surface area contributed by atoms with Gasteiger partial charge in [0.15, 0.2) is 17.2 Å². The Kier molecular flexibility index (Phi) is 8.28. The maximum Gasteiger partial charge on any atom is 0.460 e. The van der Waals surface area contributed by atoms with Gasteiger partial charge in [0.1, 0.15) is 0 Å². The van der Waals surface area contributed by atoms with Crippen LogP contribution in [0, 0.1) is 0 Å². The Hall–Kier alpha value is -3.10. The summed E-state index contributed by atoms with van der Waals surface area (Å²) in [5.41, 5.74) is -1.05. The summed E-state index contributed by atoms with van der Waals surface area (Å²) in [4.78, 5) is 11.6. The maximum atomic E-state index is 13.7. The summed E-state index contributed by atoms with van der Waals surface area (Å²) in [6.45, 7) is -2.22. The van der Waals surface area contributed by atoms with E-state index in [-0.39, 0.29) is 12.1 Å². The van der Waals surface area contributed by atoms with Crippen LogP contribution in [0.2, 0.25) is 0 Å². The minimum Gasteiger partial charge on any atom is -0.504 e. The zero-order valence-electron chi connectivity index (χ0n) is 17.7. The Bertz CT molecular complexity index is 1060. The first-order valence-electron chi connectivity index (χ1n) is 9.09. The highest BCUT2D eigenvalue weighted by molar-refractivity contribution is 5.91. The number of esters is 1. The number of carbonyl (C=O) groups is 1. The Morgan fingerprint density at radius 1 is 0.590 bits per heavy atom. The lowest BCUT2D eigenvalue weighted by Gasteiger charge is -2.42. The minimum absolute atomic E-state index is 0.248. The van der Waals surface area contributed by atoms with Gasteiger partial charge in [-0.3, -0.25) is 0 Å². The molecule has 39 heavy (non-hydrogen) atoms. The first-order valence-corrected chi connectivity index (χ1v) is 9.09. The molecule has 0 spiro atoms. The molecule has 0 fully saturated rings. The number of hydrogen-bond acceptors (Lipinski definition) is 5. The topological polar surface area (TPSA) is 87.0 Å². The highest BCUT2D eigenvalue weighted by Crippen LogP contribution is 2.64. The van der Waals surface area contributed by atoms with Crippen molar-refractivity contribution in [1.29, 1.82) is 0 Å². The summed E-state index contributed by atoms with van der Waals surface area (Å²) in [5.74, 6) is -63.3. The molecule has 1 rings (SSSR count). The van der Waals surface area contributed by atoms with E-state index in [1.807, 2.05) is 0 Å². The van der Waals surface area contributed by atoms with E-state index in [0.29, 0.717) is 0 Å². The molecule has 0 atom stereocenters. The number of hydrogen-bond donors (Lipinski definition) is 3. The van der Waals surface area contributed by atoms with E-state index in [1.165, 1.54) is 0 Å². The van der Waals surface area contributed by atoms with Crippen LogP contribution in [0.25, 0.3) is 0 Å². The molecule has 0 aliphatic heterocycles. The van der Waals surface area contributed by atoms with E-state index in [2.05, 4.69) is 4.74 Å². The van der Waals surface area contributed by atoms with Crippen molar-refractivity contribution < 1.29 is 99.5 Å². The van der Waals surface area contributed by atoms with Crippen molar-refractivity contribution in [3.05, 3.63) is 17.7 Å². The normalized spacial score (nSPS) is 14.9. The Labute approximate surface area is 202 Å². The second-order valence-corrected chi connectivity index (χ2v) is 7.40. The Balaban J connectivity index is 3.31. The Morgan fingerprint density at radius 3 is 1.28 bits per heavy atom. The van der Waals surface area contributed by atoms with Crippen LogP contribution in [0.4, 0.5) is 74.6 Å². The average Bonchev–Trinajstić information content (AvgIpc) is 2.75. The van der Waals surface area contributed by atoms with Crippen LogP contribution in [0.5, 0.6) is 17.2 Å². The molecule has 0 unspecified atom stereocenters. The van der Waals surface area contributed by atoms with Gasteiger partial charge >= 0.3 is 53.6 Å². The van der Waals surface area contributed by atoms with Crippen LogP contribution in [-0.4, -0.2) is 75.5 Å². The van der Waals surface area contributed by atoms with Gasteiger partial charge in [-0.1, -0.05) is 0 Å². The summed E-state index contributed by atoms with van der Waals surface area (Å²) >= 11 is 0. The molecular formula is C17H9F17O5. The zero-order valence-corrected chi connectivity index (χ0v) is 17.7. The van der Waals surface area contributed by atoms with Crippen molar-refractivity contribution in [3.63, 3.8) is 0 Å². The second-order valence-electron chi connectivity index (χ2n) is 7.40. The summed E-state index contributed by atoms with van der Waals surface area (Å²) in [6.07, 6.45) is -10.9. The second kappa shape index (κ2) is 9.52. The minimum atomic E-state index is -8.75. The number of benzene rings is 1. The van der Waals surface area contributed by atoms with E-state index < -0.39 is 89.4 Å². The molecule has 0 bridgehead atoms. The third kappa shape index (κ3) is 5.00. The van der Waals surface area contributed by atoms with Gasteiger partial charge in [0.2, 0.25) is 0 Å². The first kappa shape index (κ1) is 33.9. The van der Waals surface area contributed by atoms with E-state index in [4.69, 9.17) is 15.3 Å². The number of phenolic OH excluding ortho intramolecular Hbond substituents is 3. The van der Waals surface area contributed by atoms with Crippen molar-refractivity contribution in [2.75, 3.05) is 6.61 Å². The Morgan fingerprint density at radius 2 is 0.923 bits per heavy atom. The smallest absolute Gasteiger partial charge is 0.460 e. The molecule has 3 N–H and O–H groups in total. The fraction of sp³-hybridized carbons (Fsp3) is 0.588. The summed E-state index contributed by atoms with van der Waals surface area (Å²) in [6, 6.07) is 0.496. The predicted molar refractivity (Wildman–Crippen MR) is 87.0 cm³/mol. The van der Waals surface area contributed by atoms with Crippen LogP contribution in [-0.2, 0) is 4.74 Å². The molecule has 0 aliphatic carbocycles. The molecule has 0 heterocycles. The maximum absolute atomic E-state index is 13.7. The molecule has 0 radical (unpaired) electrons. The molecule has 1 aromatic rings. The zero-order chi connectivity index (χ0) is 31.4. The molecule has 1 aromatic carbocycles. The third-order valence-corrected chi connectivity index (χ3v) is 4.74. The molecule has 22 heteroatoms. The summed E-state index contributed by atoms with van der Waals surface area (Å²) in [7, 11) is 0. The van der Waals surface area contributed by atoms with Crippen LogP contribution in [0.15, 0.2) is 12.1 Å². The van der Waals surface area contributed by atoms with E-state index >= 15 is 0 Å². The molecule has 226 valence electrons. The van der Waals surface area contributed by atoms with E-state index in [1.54, 1.807) is 0 Å². The summed E-state index contributed by atoms with van der Waals surface area (Å²) < 4.78 is 228. The lowest BCUT2D eigenvalue weighted by molar-refractivity contribution is -0.461. The number of aromatic hydroxyl groups is 3. The highest BCUT2D eigenvalue weighted by Gasteiger charge is 2.95. The summed E-state index contributed by atoms with van der Waals surface area (Å²) in [5, 5.41) is 27.4. The van der Waals surface area contributed by atoms with Crippen LogP contribution in [0.1, 0.15) is 16.8 Å². The average molecular weight is 616 g/mol. The van der Waals surface area contributed by atoms with Crippen molar-refractivity contribution in [3.8, 4) is 17.2 Å². The van der Waals surface area contributed by atoms with Gasteiger partial charge in [0.05, 0.1) is 18.6 Å². The molecule has 0 aromatic heterocycles. The molecule has 0 aliphatic rings. The standard InChI is InChI=1S/C17H9F17O5/c18-10(19,1-2-39-9(38)5-3-6(35)8(37)7(36)4-5)11(20,21)12(22,23)13(24,25)14(26,27)15(28,29)16(30,31)17(32,33)34/h3-4,35-37H,1-2H2. The number of phenols is 3. The largest absolute Gasteiger partial charge is 0.504 e. The van der Waals surface area contributed by atoms with Crippen molar-refractivity contribution in [2.45, 2.75) is 54.1 Å². The number of rotatable bonds is 10. The van der Waals surface area contributed by atoms with Gasteiger partial charge in [-0.05, 0) is 12.1 Å². The lowest BCUT2D eigenvalue weighted by Crippen LogP contribution is -2.74. The number of halogens is 17. The van der Waals surface area contributed by atoms with Gasteiger partial charge in [-0.25, -0.2) is 4.79 Å². The number of ether oxygens (including phenoxy) is 1. The molecule has 0 saturated heterocycles. The van der Waals surface area contributed by atoms with Crippen LogP contribution in [0.3, 0.4) is 0 Å². The van der Waals surface area contributed by atoms with Gasteiger partial charge < -0.3 is 20.1 Å². The third-order valence-electron chi connectivity index (χ3n) is 4.74. The van der Waals surface area contributed by atoms with Crippen molar-refractivity contribution in [2.24, 2.45) is 0 Å². The van der Waals surface area contributed by atoms with Crippen molar-refractivity contribution in [1.82, 2.24) is 0 Å². The fourth-order valence-corrected chi connectivity index (χ4v) is 2.43. The van der Waals surface area contributed by atoms with Gasteiger partial charge in [-0.2, -0.15) is 74.6 Å². The van der Waals surface area contributed by atoms with Crippen LogP contribution >= 0.6 is 0 Å². The van der Waals surface area contributed by atoms with Gasteiger partial charge in [0.25, 0.3) is 0 Å². The van der Waals surface area contributed by atoms with Crippen molar-refractivity contribution >= 4 is 5.97 Å². The van der Waals surface area contributed by atoms with E-state index in [0.717, 1.165) is 0 Å².